The van der Waals surface area contributed by atoms with Gasteiger partial charge in [0.05, 0.1) is 23.3 Å². The maximum atomic E-state index is 5.88. The second kappa shape index (κ2) is 3.35. The summed E-state index contributed by atoms with van der Waals surface area (Å²) in [5.74, 6) is 0. The number of aromatic nitrogens is 2. The van der Waals surface area contributed by atoms with Crippen molar-refractivity contribution in [2.75, 3.05) is 5.73 Å². The molecule has 2 rings (SSSR count). The van der Waals surface area contributed by atoms with E-state index < -0.39 is 0 Å². The summed E-state index contributed by atoms with van der Waals surface area (Å²) in [7, 11) is 0. The molecule has 1 aromatic heterocycles. The molecule has 0 saturated heterocycles. The van der Waals surface area contributed by atoms with E-state index in [4.69, 9.17) is 17.3 Å². The molecule has 1 heterocycles. The molecule has 2 aromatic rings. The van der Waals surface area contributed by atoms with Crippen molar-refractivity contribution in [2.45, 2.75) is 6.92 Å². The van der Waals surface area contributed by atoms with Gasteiger partial charge in [0.15, 0.2) is 0 Å². The largest absolute Gasteiger partial charge is 0.396 e. The summed E-state index contributed by atoms with van der Waals surface area (Å²) >= 11 is 5.88. The van der Waals surface area contributed by atoms with Crippen molar-refractivity contribution in [3.63, 3.8) is 0 Å². The molecular weight excluding hydrogens is 198 g/mol. The molecule has 0 fully saturated rings. The van der Waals surface area contributed by atoms with Crippen LogP contribution in [-0.2, 0) is 0 Å². The van der Waals surface area contributed by atoms with E-state index in [2.05, 4.69) is 5.10 Å². The van der Waals surface area contributed by atoms with Gasteiger partial charge in [0.25, 0.3) is 0 Å². The number of anilines is 1. The lowest BCUT2D eigenvalue weighted by Gasteiger charge is -2.04. The lowest BCUT2D eigenvalue weighted by atomic mass is 10.3. The molecular formula is C10H10ClN3. The van der Waals surface area contributed by atoms with Crippen molar-refractivity contribution in [3.05, 3.63) is 41.2 Å². The highest BCUT2D eigenvalue weighted by Gasteiger charge is 2.04. The first-order chi connectivity index (χ1) is 6.68. The van der Waals surface area contributed by atoms with Gasteiger partial charge in [-0.15, -0.1) is 0 Å². The van der Waals surface area contributed by atoms with Gasteiger partial charge in [-0.05, 0) is 25.1 Å². The number of halogens is 1. The molecule has 0 aliphatic heterocycles. The van der Waals surface area contributed by atoms with E-state index in [1.54, 1.807) is 10.9 Å². The average molecular weight is 208 g/mol. The third kappa shape index (κ3) is 1.46. The van der Waals surface area contributed by atoms with Gasteiger partial charge < -0.3 is 5.73 Å². The molecule has 0 spiro atoms. The minimum Gasteiger partial charge on any atom is -0.396 e. The zero-order chi connectivity index (χ0) is 10.1. The van der Waals surface area contributed by atoms with Gasteiger partial charge in [0, 0.05) is 5.02 Å². The molecule has 3 nitrogen and oxygen atoms in total. The van der Waals surface area contributed by atoms with Crippen LogP contribution in [0.3, 0.4) is 0 Å². The number of benzene rings is 1. The Kier molecular flexibility index (Phi) is 2.17. The second-order valence-electron chi connectivity index (χ2n) is 3.08. The molecule has 72 valence electrons. The lowest BCUT2D eigenvalue weighted by Crippen LogP contribution is -1.99. The van der Waals surface area contributed by atoms with E-state index in [-0.39, 0.29) is 0 Å². The minimum atomic E-state index is 0.685. The van der Waals surface area contributed by atoms with Crippen LogP contribution in [0.1, 0.15) is 5.69 Å². The zero-order valence-electron chi connectivity index (χ0n) is 7.74. The Bertz CT molecular complexity index is 462. The summed E-state index contributed by atoms with van der Waals surface area (Å²) in [6.45, 7) is 1.92. The number of hydrogen-bond donors (Lipinski definition) is 1. The van der Waals surface area contributed by atoms with Crippen LogP contribution in [0.2, 0.25) is 5.02 Å². The zero-order valence-corrected chi connectivity index (χ0v) is 8.49. The molecule has 1 aromatic carbocycles. The molecule has 0 bridgehead atoms. The molecule has 0 amide bonds. The number of nitrogens with zero attached hydrogens (tertiary/aromatic N) is 2. The first kappa shape index (κ1) is 9.09. The maximum absolute atomic E-state index is 5.88. The number of nitrogen functional groups attached to an aromatic ring is 1. The first-order valence-electron chi connectivity index (χ1n) is 4.24. The Labute approximate surface area is 87.1 Å². The summed E-state index contributed by atoms with van der Waals surface area (Å²) < 4.78 is 1.77. The standard InChI is InChI=1S/C10H10ClN3/c1-7-10(12)6-13-14(7)9-4-2-3-8(11)5-9/h2-6H,12H2,1H3. The number of rotatable bonds is 1. The SMILES string of the molecule is Cc1c(N)cnn1-c1cccc(Cl)c1. The van der Waals surface area contributed by atoms with Crippen molar-refractivity contribution < 1.29 is 0 Å². The highest BCUT2D eigenvalue weighted by Crippen LogP contribution is 2.18. The average Bonchev–Trinajstić information content (AvgIpc) is 2.48. The monoisotopic (exact) mass is 207 g/mol. The lowest BCUT2D eigenvalue weighted by molar-refractivity contribution is 0.847. The predicted octanol–water partition coefficient (Wildman–Crippen LogP) is 2.42. The third-order valence-electron chi connectivity index (χ3n) is 2.10. The summed E-state index contributed by atoms with van der Waals surface area (Å²) in [4.78, 5) is 0. The Morgan fingerprint density at radius 3 is 2.79 bits per heavy atom. The van der Waals surface area contributed by atoms with E-state index in [0.29, 0.717) is 10.7 Å². The fourth-order valence-corrected chi connectivity index (χ4v) is 1.47. The Hall–Kier alpha value is -1.48. The summed E-state index contributed by atoms with van der Waals surface area (Å²) in [6.07, 6.45) is 1.64. The molecule has 2 N–H and O–H groups in total. The fraction of sp³-hybridized carbons (Fsp3) is 0.100. The number of hydrogen-bond acceptors (Lipinski definition) is 2. The van der Waals surface area contributed by atoms with Crippen molar-refractivity contribution in [1.29, 1.82) is 0 Å². The Balaban J connectivity index is 2.55. The van der Waals surface area contributed by atoms with Gasteiger partial charge in [-0.2, -0.15) is 5.10 Å². The topological polar surface area (TPSA) is 43.8 Å². The minimum absolute atomic E-state index is 0.685. The van der Waals surface area contributed by atoms with Crippen LogP contribution in [0.25, 0.3) is 5.69 Å². The highest BCUT2D eigenvalue weighted by atomic mass is 35.5. The molecule has 0 aliphatic rings. The molecule has 4 heteroatoms. The maximum Gasteiger partial charge on any atom is 0.0734 e. The van der Waals surface area contributed by atoms with E-state index in [1.165, 1.54) is 0 Å². The van der Waals surface area contributed by atoms with Gasteiger partial charge in [-0.1, -0.05) is 17.7 Å². The van der Waals surface area contributed by atoms with Crippen LogP contribution in [0, 0.1) is 6.92 Å². The van der Waals surface area contributed by atoms with Gasteiger partial charge in [0.2, 0.25) is 0 Å². The van der Waals surface area contributed by atoms with Crippen molar-refractivity contribution >= 4 is 17.3 Å². The number of nitrogens with two attached hydrogens (primary N) is 1. The van der Waals surface area contributed by atoms with E-state index in [0.717, 1.165) is 11.4 Å². The van der Waals surface area contributed by atoms with Crippen LogP contribution < -0.4 is 5.73 Å². The molecule has 0 aliphatic carbocycles. The summed E-state index contributed by atoms with van der Waals surface area (Å²) in [6, 6.07) is 7.49. The van der Waals surface area contributed by atoms with Crippen LogP contribution in [0.15, 0.2) is 30.5 Å². The van der Waals surface area contributed by atoms with Crippen LogP contribution in [0.4, 0.5) is 5.69 Å². The summed E-state index contributed by atoms with van der Waals surface area (Å²) in [5, 5.41) is 4.85. The Morgan fingerprint density at radius 1 is 1.43 bits per heavy atom. The first-order valence-corrected chi connectivity index (χ1v) is 4.62. The van der Waals surface area contributed by atoms with E-state index >= 15 is 0 Å². The van der Waals surface area contributed by atoms with Gasteiger partial charge in [-0.3, -0.25) is 0 Å². The molecule has 0 saturated carbocycles. The third-order valence-corrected chi connectivity index (χ3v) is 2.34. The molecule has 14 heavy (non-hydrogen) atoms. The summed E-state index contributed by atoms with van der Waals surface area (Å²) in [5.41, 5.74) is 8.23. The van der Waals surface area contributed by atoms with Gasteiger partial charge in [0.1, 0.15) is 0 Å². The molecule has 0 unspecified atom stereocenters. The molecule has 0 radical (unpaired) electrons. The predicted molar refractivity (Wildman–Crippen MR) is 57.7 cm³/mol. The van der Waals surface area contributed by atoms with Crippen molar-refractivity contribution in [1.82, 2.24) is 9.78 Å². The highest BCUT2D eigenvalue weighted by molar-refractivity contribution is 6.30. The van der Waals surface area contributed by atoms with Crippen molar-refractivity contribution in [2.24, 2.45) is 0 Å². The molecule has 0 atom stereocenters. The smallest absolute Gasteiger partial charge is 0.0734 e. The van der Waals surface area contributed by atoms with E-state index in [1.807, 2.05) is 31.2 Å². The second-order valence-corrected chi connectivity index (χ2v) is 3.51. The fourth-order valence-electron chi connectivity index (χ4n) is 1.29. The normalized spacial score (nSPS) is 10.4. The van der Waals surface area contributed by atoms with Gasteiger partial charge >= 0.3 is 0 Å². The Morgan fingerprint density at radius 2 is 2.21 bits per heavy atom. The van der Waals surface area contributed by atoms with Gasteiger partial charge in [-0.25, -0.2) is 4.68 Å². The van der Waals surface area contributed by atoms with Crippen molar-refractivity contribution in [3.8, 4) is 5.69 Å². The van der Waals surface area contributed by atoms with E-state index in [9.17, 15) is 0 Å². The quantitative estimate of drug-likeness (QED) is 0.781. The van der Waals surface area contributed by atoms with Crippen LogP contribution >= 0.6 is 11.6 Å². The van der Waals surface area contributed by atoms with Crippen LogP contribution in [0.5, 0.6) is 0 Å². The van der Waals surface area contributed by atoms with Crippen LogP contribution in [-0.4, -0.2) is 9.78 Å².